The van der Waals surface area contributed by atoms with Crippen LogP contribution < -0.4 is 9.62 Å². The zero-order valence-electron chi connectivity index (χ0n) is 14.1. The second kappa shape index (κ2) is 7.53. The molecule has 7 heteroatoms. The normalized spacial score (nSPS) is 11.3. The van der Waals surface area contributed by atoms with Crippen LogP contribution in [0.5, 0.6) is 0 Å². The monoisotopic (exact) mass is 350 g/mol. The number of rotatable bonds is 7. The number of carbonyl (C=O) groups is 1. The summed E-state index contributed by atoms with van der Waals surface area (Å²) in [5, 5.41) is 2.68. The van der Waals surface area contributed by atoms with E-state index in [0.29, 0.717) is 17.9 Å². The number of benzene rings is 1. The zero-order valence-corrected chi connectivity index (χ0v) is 14.9. The number of furan rings is 1. The van der Waals surface area contributed by atoms with Gasteiger partial charge in [-0.05, 0) is 36.6 Å². The van der Waals surface area contributed by atoms with Gasteiger partial charge in [-0.2, -0.15) is 0 Å². The Morgan fingerprint density at radius 1 is 1.25 bits per heavy atom. The molecular formula is C17H22N2O4S. The van der Waals surface area contributed by atoms with Crippen molar-refractivity contribution < 1.29 is 17.6 Å². The summed E-state index contributed by atoms with van der Waals surface area (Å²) in [5.74, 6) is 0.224. The van der Waals surface area contributed by atoms with Crippen LogP contribution in [0.1, 0.15) is 23.8 Å². The van der Waals surface area contributed by atoms with Crippen LogP contribution in [-0.4, -0.2) is 27.1 Å². The van der Waals surface area contributed by atoms with Gasteiger partial charge in [0.15, 0.2) is 0 Å². The molecule has 0 aliphatic rings. The third-order valence-electron chi connectivity index (χ3n) is 3.68. The van der Waals surface area contributed by atoms with Crippen LogP contribution in [0.3, 0.4) is 0 Å². The number of nitrogens with zero attached hydrogens (tertiary/aromatic N) is 1. The SMILES string of the molecule is CCc1cccc(C)c1N(CC(=O)NCc1ccco1)S(C)(=O)=O. The summed E-state index contributed by atoms with van der Waals surface area (Å²) in [6, 6.07) is 9.07. The maximum atomic E-state index is 12.2. The molecule has 2 aromatic rings. The molecule has 1 aromatic heterocycles. The van der Waals surface area contributed by atoms with E-state index in [2.05, 4.69) is 5.32 Å². The molecule has 0 aliphatic heterocycles. The number of nitrogens with one attached hydrogen (secondary N) is 1. The highest BCUT2D eigenvalue weighted by Gasteiger charge is 2.24. The van der Waals surface area contributed by atoms with Gasteiger partial charge in [-0.3, -0.25) is 9.10 Å². The molecule has 1 aromatic carbocycles. The van der Waals surface area contributed by atoms with Crippen LogP contribution in [-0.2, 0) is 27.8 Å². The van der Waals surface area contributed by atoms with E-state index >= 15 is 0 Å². The van der Waals surface area contributed by atoms with E-state index in [1.807, 2.05) is 32.0 Å². The van der Waals surface area contributed by atoms with Crippen LogP contribution in [0.25, 0.3) is 0 Å². The lowest BCUT2D eigenvalue weighted by Gasteiger charge is -2.26. The van der Waals surface area contributed by atoms with Gasteiger partial charge >= 0.3 is 0 Å². The molecule has 0 unspecified atom stereocenters. The first-order valence-corrected chi connectivity index (χ1v) is 9.53. The maximum Gasteiger partial charge on any atom is 0.241 e. The third kappa shape index (κ3) is 4.38. The van der Waals surface area contributed by atoms with Gasteiger partial charge in [-0.15, -0.1) is 0 Å². The number of anilines is 1. The van der Waals surface area contributed by atoms with Crippen molar-refractivity contribution >= 4 is 21.6 Å². The second-order valence-electron chi connectivity index (χ2n) is 5.56. The summed E-state index contributed by atoms with van der Waals surface area (Å²) in [6.07, 6.45) is 3.31. The first-order valence-electron chi connectivity index (χ1n) is 7.68. The highest BCUT2D eigenvalue weighted by molar-refractivity contribution is 7.92. The Bertz CT molecular complexity index is 798. The van der Waals surface area contributed by atoms with E-state index in [-0.39, 0.29) is 19.0 Å². The fourth-order valence-corrected chi connectivity index (χ4v) is 3.45. The van der Waals surface area contributed by atoms with E-state index in [1.165, 1.54) is 10.6 Å². The Labute approximate surface area is 142 Å². The summed E-state index contributed by atoms with van der Waals surface area (Å²) >= 11 is 0. The molecular weight excluding hydrogens is 328 g/mol. The van der Waals surface area contributed by atoms with Gasteiger partial charge in [0.1, 0.15) is 12.3 Å². The Morgan fingerprint density at radius 3 is 2.58 bits per heavy atom. The predicted molar refractivity (Wildman–Crippen MR) is 93.3 cm³/mol. The minimum Gasteiger partial charge on any atom is -0.467 e. The summed E-state index contributed by atoms with van der Waals surface area (Å²) in [7, 11) is -3.59. The molecule has 0 saturated heterocycles. The van der Waals surface area contributed by atoms with E-state index < -0.39 is 10.0 Å². The molecule has 6 nitrogen and oxygen atoms in total. The van der Waals surface area contributed by atoms with Gasteiger partial charge in [0, 0.05) is 0 Å². The molecule has 1 amide bonds. The molecule has 0 radical (unpaired) electrons. The molecule has 0 spiro atoms. The Hall–Kier alpha value is -2.28. The van der Waals surface area contributed by atoms with E-state index in [9.17, 15) is 13.2 Å². The van der Waals surface area contributed by atoms with E-state index in [4.69, 9.17) is 4.42 Å². The van der Waals surface area contributed by atoms with Crippen LogP contribution >= 0.6 is 0 Å². The minimum absolute atomic E-state index is 0.220. The largest absolute Gasteiger partial charge is 0.467 e. The maximum absolute atomic E-state index is 12.2. The molecule has 24 heavy (non-hydrogen) atoms. The van der Waals surface area contributed by atoms with Crippen LogP contribution in [0.4, 0.5) is 5.69 Å². The number of carbonyl (C=O) groups excluding carboxylic acids is 1. The van der Waals surface area contributed by atoms with Crippen molar-refractivity contribution in [3.8, 4) is 0 Å². The first-order chi connectivity index (χ1) is 11.3. The van der Waals surface area contributed by atoms with Crippen molar-refractivity contribution in [2.24, 2.45) is 0 Å². The standard InChI is InChI=1S/C17H22N2O4S/c1-4-14-8-5-7-13(2)17(14)19(24(3,21)22)12-16(20)18-11-15-9-6-10-23-15/h5-10H,4,11-12H2,1-3H3,(H,18,20). The van der Waals surface area contributed by atoms with Crippen LogP contribution in [0.2, 0.25) is 0 Å². The van der Waals surface area contributed by atoms with Crippen molar-refractivity contribution in [3.05, 3.63) is 53.5 Å². The summed E-state index contributed by atoms with van der Waals surface area (Å²) < 4.78 is 30.8. The quantitative estimate of drug-likeness (QED) is 0.830. The highest BCUT2D eigenvalue weighted by Crippen LogP contribution is 2.27. The highest BCUT2D eigenvalue weighted by atomic mass is 32.2. The number of amides is 1. The minimum atomic E-state index is -3.59. The van der Waals surface area contributed by atoms with Crippen LogP contribution in [0, 0.1) is 6.92 Å². The Kier molecular flexibility index (Phi) is 5.66. The number of aryl methyl sites for hydroxylation is 2. The van der Waals surface area contributed by atoms with Crippen LogP contribution in [0.15, 0.2) is 41.0 Å². The van der Waals surface area contributed by atoms with Gasteiger partial charge in [0.2, 0.25) is 15.9 Å². The topological polar surface area (TPSA) is 79.6 Å². The predicted octanol–water partition coefficient (Wildman–Crippen LogP) is 2.23. The molecule has 130 valence electrons. The zero-order chi connectivity index (χ0) is 17.7. The summed E-state index contributed by atoms with van der Waals surface area (Å²) in [6.45, 7) is 3.75. The van der Waals surface area contributed by atoms with Gasteiger partial charge in [-0.25, -0.2) is 8.42 Å². The molecule has 0 bridgehead atoms. The van der Waals surface area contributed by atoms with Crippen molar-refractivity contribution in [2.75, 3.05) is 17.1 Å². The fraction of sp³-hybridized carbons (Fsp3) is 0.353. The smallest absolute Gasteiger partial charge is 0.241 e. The molecule has 1 N–H and O–H groups in total. The van der Waals surface area contributed by atoms with E-state index in [0.717, 1.165) is 17.4 Å². The molecule has 0 saturated carbocycles. The van der Waals surface area contributed by atoms with Crippen molar-refractivity contribution in [1.82, 2.24) is 5.32 Å². The van der Waals surface area contributed by atoms with Crippen molar-refractivity contribution in [3.63, 3.8) is 0 Å². The van der Waals surface area contributed by atoms with E-state index in [1.54, 1.807) is 12.1 Å². The molecule has 1 heterocycles. The lowest BCUT2D eigenvalue weighted by Crippen LogP contribution is -2.41. The molecule has 0 fully saturated rings. The molecule has 0 aliphatic carbocycles. The molecule has 0 atom stereocenters. The lowest BCUT2D eigenvalue weighted by molar-refractivity contribution is -0.119. The Morgan fingerprint density at radius 2 is 2.00 bits per heavy atom. The number of para-hydroxylation sites is 1. The Balaban J connectivity index is 2.22. The third-order valence-corrected chi connectivity index (χ3v) is 4.79. The van der Waals surface area contributed by atoms with Crippen molar-refractivity contribution in [2.45, 2.75) is 26.8 Å². The van der Waals surface area contributed by atoms with Gasteiger partial charge in [0.25, 0.3) is 0 Å². The summed E-state index contributed by atoms with van der Waals surface area (Å²) in [5.41, 5.74) is 2.29. The van der Waals surface area contributed by atoms with Gasteiger partial charge < -0.3 is 9.73 Å². The average Bonchev–Trinajstić information content (AvgIpc) is 3.03. The average molecular weight is 350 g/mol. The van der Waals surface area contributed by atoms with Gasteiger partial charge in [0.05, 0.1) is 24.8 Å². The van der Waals surface area contributed by atoms with Crippen molar-refractivity contribution in [1.29, 1.82) is 0 Å². The molecule has 2 rings (SSSR count). The van der Waals surface area contributed by atoms with Gasteiger partial charge in [-0.1, -0.05) is 25.1 Å². The first kappa shape index (κ1) is 18.1. The number of sulfonamides is 1. The lowest BCUT2D eigenvalue weighted by atomic mass is 10.1. The second-order valence-corrected chi connectivity index (χ2v) is 7.47. The number of hydrogen-bond donors (Lipinski definition) is 1. The summed E-state index contributed by atoms with van der Waals surface area (Å²) in [4.78, 5) is 12.2. The fourth-order valence-electron chi connectivity index (χ4n) is 2.51. The number of hydrogen-bond acceptors (Lipinski definition) is 4.